The largest absolute Gasteiger partial charge is 0.368 e. The third-order valence-corrected chi connectivity index (χ3v) is 3.04. The molecule has 1 heterocycles. The van der Waals surface area contributed by atoms with Crippen LogP contribution in [-0.2, 0) is 4.79 Å². The van der Waals surface area contributed by atoms with Gasteiger partial charge in [-0.1, -0.05) is 6.92 Å². The van der Waals surface area contributed by atoms with Gasteiger partial charge in [-0.3, -0.25) is 4.79 Å². The zero-order chi connectivity index (χ0) is 11.3. The lowest BCUT2D eigenvalue weighted by Gasteiger charge is -2.33. The summed E-state index contributed by atoms with van der Waals surface area (Å²) in [6, 6.07) is 0.258. The van der Waals surface area contributed by atoms with Crippen molar-refractivity contribution in [2.45, 2.75) is 45.2 Å². The highest BCUT2D eigenvalue weighted by molar-refractivity contribution is 5.79. The van der Waals surface area contributed by atoms with Crippen molar-refractivity contribution in [3.63, 3.8) is 0 Å². The summed E-state index contributed by atoms with van der Waals surface area (Å²) in [5, 5.41) is 3.28. The summed E-state index contributed by atoms with van der Waals surface area (Å²) in [6.45, 7) is 7.51. The van der Waals surface area contributed by atoms with Gasteiger partial charge in [-0.25, -0.2) is 0 Å². The van der Waals surface area contributed by atoms with E-state index in [4.69, 9.17) is 5.73 Å². The predicted octanol–water partition coefficient (Wildman–Crippen LogP) is 0.324. The Morgan fingerprint density at radius 2 is 2.13 bits per heavy atom. The van der Waals surface area contributed by atoms with Crippen LogP contribution in [0.5, 0.6) is 0 Å². The van der Waals surface area contributed by atoms with Crippen LogP contribution in [0.25, 0.3) is 0 Å². The van der Waals surface area contributed by atoms with Gasteiger partial charge in [0.1, 0.15) is 0 Å². The van der Waals surface area contributed by atoms with Gasteiger partial charge in [-0.2, -0.15) is 0 Å². The lowest BCUT2D eigenvalue weighted by Crippen LogP contribution is -2.49. The average molecular weight is 213 g/mol. The van der Waals surface area contributed by atoms with E-state index in [9.17, 15) is 4.79 Å². The van der Waals surface area contributed by atoms with Crippen molar-refractivity contribution in [2.24, 2.45) is 5.73 Å². The zero-order valence-electron chi connectivity index (χ0n) is 9.83. The Kier molecular flexibility index (Phi) is 5.05. The summed E-state index contributed by atoms with van der Waals surface area (Å²) in [6.07, 6.45) is 3.46. The van der Waals surface area contributed by atoms with Gasteiger partial charge in [0.05, 0.1) is 6.04 Å². The van der Waals surface area contributed by atoms with Crippen LogP contribution in [0, 0.1) is 0 Å². The van der Waals surface area contributed by atoms with Crippen molar-refractivity contribution in [3.05, 3.63) is 0 Å². The van der Waals surface area contributed by atoms with Gasteiger partial charge in [0.15, 0.2) is 0 Å². The second-order valence-corrected chi connectivity index (χ2v) is 4.41. The van der Waals surface area contributed by atoms with Crippen molar-refractivity contribution >= 4 is 5.91 Å². The lowest BCUT2D eigenvalue weighted by atomic mass is 10.0. The van der Waals surface area contributed by atoms with Crippen LogP contribution in [0.4, 0.5) is 0 Å². The van der Waals surface area contributed by atoms with E-state index in [0.29, 0.717) is 6.04 Å². The van der Waals surface area contributed by atoms with Gasteiger partial charge >= 0.3 is 0 Å². The van der Waals surface area contributed by atoms with Crippen LogP contribution in [0.15, 0.2) is 0 Å². The molecule has 0 aromatic rings. The molecular weight excluding hydrogens is 190 g/mol. The second kappa shape index (κ2) is 6.08. The molecule has 1 rings (SSSR count). The highest BCUT2D eigenvalue weighted by Gasteiger charge is 2.21. The Labute approximate surface area is 92.2 Å². The zero-order valence-corrected chi connectivity index (χ0v) is 9.83. The molecule has 0 aromatic heterocycles. The molecule has 4 nitrogen and oxygen atoms in total. The monoisotopic (exact) mass is 213 g/mol. The quantitative estimate of drug-likeness (QED) is 0.691. The molecule has 1 aliphatic heterocycles. The fourth-order valence-electron chi connectivity index (χ4n) is 2.08. The number of nitrogens with two attached hydrogens (primary N) is 1. The van der Waals surface area contributed by atoms with Gasteiger partial charge in [0.2, 0.25) is 5.91 Å². The topological polar surface area (TPSA) is 58.4 Å². The van der Waals surface area contributed by atoms with E-state index in [2.05, 4.69) is 17.1 Å². The fraction of sp³-hybridized carbons (Fsp3) is 0.909. The molecule has 0 saturated carbocycles. The minimum absolute atomic E-state index is 0.201. The molecule has 0 radical (unpaired) electrons. The number of likely N-dealkylation sites (tertiary alicyclic amines) is 1. The molecule has 0 aliphatic carbocycles. The summed E-state index contributed by atoms with van der Waals surface area (Å²) in [5.74, 6) is -0.258. The van der Waals surface area contributed by atoms with Crippen molar-refractivity contribution in [1.29, 1.82) is 0 Å². The van der Waals surface area contributed by atoms with E-state index in [1.165, 1.54) is 13.0 Å². The third kappa shape index (κ3) is 4.18. The molecule has 1 atom stereocenters. The SMILES string of the molecule is CCCN1CCC(NC(C)C(N)=O)CC1. The van der Waals surface area contributed by atoms with Gasteiger partial charge < -0.3 is 16.0 Å². The molecule has 15 heavy (non-hydrogen) atoms. The van der Waals surface area contributed by atoms with Crippen molar-refractivity contribution in [1.82, 2.24) is 10.2 Å². The Morgan fingerprint density at radius 1 is 1.53 bits per heavy atom. The Hall–Kier alpha value is -0.610. The lowest BCUT2D eigenvalue weighted by molar-refractivity contribution is -0.119. The molecule has 3 N–H and O–H groups in total. The number of nitrogens with zero attached hydrogens (tertiary/aromatic N) is 1. The van der Waals surface area contributed by atoms with E-state index in [1.807, 2.05) is 6.92 Å². The van der Waals surface area contributed by atoms with Gasteiger partial charge in [0, 0.05) is 6.04 Å². The number of hydrogen-bond donors (Lipinski definition) is 2. The first-order chi connectivity index (χ1) is 7.13. The first kappa shape index (κ1) is 12.5. The number of carbonyl (C=O) groups is 1. The van der Waals surface area contributed by atoms with Crippen LogP contribution < -0.4 is 11.1 Å². The molecule has 88 valence electrons. The summed E-state index contributed by atoms with van der Waals surface area (Å²) >= 11 is 0. The van der Waals surface area contributed by atoms with Crippen molar-refractivity contribution in [2.75, 3.05) is 19.6 Å². The number of hydrogen-bond acceptors (Lipinski definition) is 3. The molecule has 4 heteroatoms. The van der Waals surface area contributed by atoms with E-state index >= 15 is 0 Å². The number of carbonyl (C=O) groups excluding carboxylic acids is 1. The van der Waals surface area contributed by atoms with Gasteiger partial charge in [0.25, 0.3) is 0 Å². The van der Waals surface area contributed by atoms with Crippen molar-refractivity contribution in [3.8, 4) is 0 Å². The maximum atomic E-state index is 10.9. The molecule has 0 spiro atoms. The van der Waals surface area contributed by atoms with Crippen LogP contribution in [0.1, 0.15) is 33.1 Å². The summed E-state index contributed by atoms with van der Waals surface area (Å²) in [4.78, 5) is 13.4. The van der Waals surface area contributed by atoms with Crippen LogP contribution >= 0.6 is 0 Å². The normalized spacial score (nSPS) is 21.5. The Morgan fingerprint density at radius 3 is 2.60 bits per heavy atom. The van der Waals surface area contributed by atoms with Crippen LogP contribution in [0.2, 0.25) is 0 Å². The first-order valence-corrected chi connectivity index (χ1v) is 5.91. The molecule has 1 fully saturated rings. The first-order valence-electron chi connectivity index (χ1n) is 5.91. The molecule has 1 saturated heterocycles. The maximum absolute atomic E-state index is 10.9. The van der Waals surface area contributed by atoms with Crippen LogP contribution in [0.3, 0.4) is 0 Å². The number of nitrogens with one attached hydrogen (secondary N) is 1. The Bertz CT molecular complexity index is 200. The summed E-state index contributed by atoms with van der Waals surface area (Å²) in [7, 11) is 0. The second-order valence-electron chi connectivity index (χ2n) is 4.41. The number of primary amides is 1. The Balaban J connectivity index is 2.22. The fourth-order valence-corrected chi connectivity index (χ4v) is 2.08. The third-order valence-electron chi connectivity index (χ3n) is 3.04. The molecule has 0 bridgehead atoms. The van der Waals surface area contributed by atoms with E-state index in [1.54, 1.807) is 0 Å². The number of piperidine rings is 1. The van der Waals surface area contributed by atoms with E-state index < -0.39 is 0 Å². The molecular formula is C11H23N3O. The molecule has 1 unspecified atom stereocenters. The standard InChI is InChI=1S/C11H23N3O/c1-3-6-14-7-4-10(5-8-14)13-9(2)11(12)15/h9-10,13H,3-8H2,1-2H3,(H2,12,15). The van der Waals surface area contributed by atoms with Gasteiger partial charge in [-0.15, -0.1) is 0 Å². The van der Waals surface area contributed by atoms with Crippen molar-refractivity contribution < 1.29 is 4.79 Å². The van der Waals surface area contributed by atoms with E-state index in [-0.39, 0.29) is 11.9 Å². The number of amides is 1. The predicted molar refractivity (Wildman–Crippen MR) is 61.5 cm³/mol. The highest BCUT2D eigenvalue weighted by atomic mass is 16.1. The van der Waals surface area contributed by atoms with Crippen LogP contribution in [-0.4, -0.2) is 42.5 Å². The molecule has 1 aliphatic rings. The number of rotatable bonds is 5. The summed E-state index contributed by atoms with van der Waals surface area (Å²) in [5.41, 5.74) is 5.22. The average Bonchev–Trinajstić information content (AvgIpc) is 2.21. The maximum Gasteiger partial charge on any atom is 0.234 e. The molecule has 1 amide bonds. The van der Waals surface area contributed by atoms with E-state index in [0.717, 1.165) is 25.9 Å². The summed E-state index contributed by atoms with van der Waals surface area (Å²) < 4.78 is 0. The highest BCUT2D eigenvalue weighted by Crippen LogP contribution is 2.10. The van der Waals surface area contributed by atoms with Gasteiger partial charge in [-0.05, 0) is 45.8 Å². The minimum atomic E-state index is -0.258. The smallest absolute Gasteiger partial charge is 0.234 e. The molecule has 0 aromatic carbocycles. The minimum Gasteiger partial charge on any atom is -0.368 e.